The molecule has 9 atom stereocenters. The zero-order chi connectivity index (χ0) is 39.3. The summed E-state index contributed by atoms with van der Waals surface area (Å²) in [6.07, 6.45) is 7.40. The molecule has 2 heterocycles. The molecule has 8 nitrogen and oxygen atoms in total. The summed E-state index contributed by atoms with van der Waals surface area (Å²) < 4.78 is 53.1. The Bertz CT molecular complexity index is 1940. The van der Waals surface area contributed by atoms with Gasteiger partial charge in [0.05, 0.1) is 34.9 Å². The molecule has 6 aliphatic carbocycles. The van der Waals surface area contributed by atoms with Gasteiger partial charge >= 0.3 is 12.2 Å². The molecule has 1 aliphatic heterocycles. The van der Waals surface area contributed by atoms with Gasteiger partial charge in [-0.1, -0.05) is 43.7 Å². The van der Waals surface area contributed by atoms with Crippen LogP contribution in [-0.4, -0.2) is 70.5 Å². The Morgan fingerprint density at radius 1 is 1.02 bits per heavy atom. The molecule has 1 aromatic carbocycles. The van der Waals surface area contributed by atoms with E-state index in [2.05, 4.69) is 37.4 Å². The van der Waals surface area contributed by atoms with E-state index in [1.54, 1.807) is 4.90 Å². The fraction of sp³-hybridized carbons (Fsp3) is 0.628. The van der Waals surface area contributed by atoms with E-state index >= 15 is 4.79 Å². The Labute approximate surface area is 325 Å². The van der Waals surface area contributed by atoms with Crippen molar-refractivity contribution in [3.63, 3.8) is 0 Å². The van der Waals surface area contributed by atoms with E-state index in [0.717, 1.165) is 37.8 Å². The summed E-state index contributed by atoms with van der Waals surface area (Å²) in [5.41, 5.74) is -3.90. The van der Waals surface area contributed by atoms with Crippen LogP contribution in [0.2, 0.25) is 5.02 Å². The van der Waals surface area contributed by atoms with Gasteiger partial charge in [-0.3, -0.25) is 4.79 Å². The van der Waals surface area contributed by atoms with Crippen LogP contribution in [0.5, 0.6) is 0 Å². The SMILES string of the molecule is CC(C)NC(=O)N(C[C@H]1CCCO1)C[C@]1(O)CC[C@H]2[C@]34C=C[C@@]5(C=C3C(=O)c3ccc(-c6cc(C(F)(F)F)ccc6Cl)o3)CC(O)CC[C@]5(C)[C@H]4CC[C@@]21C. The number of hydrogen-bond acceptors (Lipinski definition) is 6. The van der Waals surface area contributed by atoms with Gasteiger partial charge in [-0.05, 0) is 119 Å². The van der Waals surface area contributed by atoms with Crippen LogP contribution >= 0.6 is 11.6 Å². The number of aliphatic hydroxyl groups excluding tert-OH is 1. The number of urea groups is 1. The molecule has 4 fully saturated rings. The van der Waals surface area contributed by atoms with Crippen molar-refractivity contribution < 1.29 is 42.1 Å². The molecule has 9 rings (SSSR count). The van der Waals surface area contributed by atoms with Crippen LogP contribution in [0.3, 0.4) is 0 Å². The number of nitrogens with zero attached hydrogens (tertiary/aromatic N) is 1. The second-order valence-corrected chi connectivity index (χ2v) is 18.5. The second kappa shape index (κ2) is 13.2. The highest BCUT2D eigenvalue weighted by molar-refractivity contribution is 6.33. The number of hydrogen-bond donors (Lipinski definition) is 3. The Balaban J connectivity index is 1.19. The lowest BCUT2D eigenvalue weighted by molar-refractivity contribution is -0.175. The van der Waals surface area contributed by atoms with Crippen molar-refractivity contribution in [2.24, 2.45) is 33.5 Å². The van der Waals surface area contributed by atoms with Gasteiger partial charge in [0.25, 0.3) is 0 Å². The average Bonchev–Trinajstić information content (AvgIpc) is 3.87. The summed E-state index contributed by atoms with van der Waals surface area (Å²) in [6, 6.07) is 5.67. The minimum atomic E-state index is -4.59. The molecule has 12 heteroatoms. The van der Waals surface area contributed by atoms with Crippen molar-refractivity contribution in [3.05, 3.63) is 70.5 Å². The van der Waals surface area contributed by atoms with Crippen LogP contribution in [-0.2, 0) is 10.9 Å². The first-order valence-electron chi connectivity index (χ1n) is 19.9. The van der Waals surface area contributed by atoms with Gasteiger partial charge in [0.15, 0.2) is 5.76 Å². The first kappa shape index (κ1) is 38.7. The summed E-state index contributed by atoms with van der Waals surface area (Å²) >= 11 is 6.38. The number of carbonyl (C=O) groups is 2. The normalized spacial score (nSPS) is 37.7. The Hall–Kier alpha value is -3.12. The molecule has 3 N–H and O–H groups in total. The lowest BCUT2D eigenvalue weighted by atomic mass is 9.32. The molecule has 0 radical (unpaired) electrons. The van der Waals surface area contributed by atoms with Gasteiger partial charge < -0.3 is 29.6 Å². The number of halogens is 4. The van der Waals surface area contributed by atoms with E-state index in [4.69, 9.17) is 20.8 Å². The monoisotopic (exact) mass is 784 g/mol. The van der Waals surface area contributed by atoms with Gasteiger partial charge in [-0.25, -0.2) is 4.79 Å². The average molecular weight is 785 g/mol. The van der Waals surface area contributed by atoms with Crippen LogP contribution < -0.4 is 5.32 Å². The lowest BCUT2D eigenvalue weighted by Gasteiger charge is -2.71. The molecule has 2 spiro atoms. The first-order valence-corrected chi connectivity index (χ1v) is 20.3. The highest BCUT2D eigenvalue weighted by atomic mass is 35.5. The standard InChI is InChI=1S/C43H52ClF3N2O6/c1-25(2)48-37(52)49(23-28-6-5-19-54-28)24-41(53)16-13-35-39(41,4)15-12-34-38(3)14-11-27(50)21-40(38)17-18-42(34,35)30(22-40)36(51)33-10-9-32(55-33)29-20-26(43(45,46)47)7-8-31(29)44/h7-10,17-18,20,22,25,27-28,34-35,50,53H,5-6,11-16,19,21,23-24H2,1-4H3,(H,48,52)/t27?,28-,34-,35-,38-,39+,40+,41-,42-/m1/s1. The number of Topliss-reactive ketones (excluding diaryl/α,β-unsaturated/α-hetero) is 1. The number of alkyl halides is 3. The molecule has 1 saturated heterocycles. The number of carbonyl (C=O) groups excluding carboxylic acids is 2. The van der Waals surface area contributed by atoms with Gasteiger partial charge in [0.1, 0.15) is 5.76 Å². The molecular weight excluding hydrogens is 733 g/mol. The molecule has 3 saturated carbocycles. The molecule has 2 bridgehead atoms. The molecule has 2 amide bonds. The topological polar surface area (TPSA) is 112 Å². The highest BCUT2D eigenvalue weighted by Gasteiger charge is 2.74. The molecule has 1 unspecified atom stereocenters. The fourth-order valence-electron chi connectivity index (χ4n) is 12.1. The zero-order valence-corrected chi connectivity index (χ0v) is 32.7. The second-order valence-electron chi connectivity index (χ2n) is 18.1. The number of ether oxygens (including phenoxy) is 1. The van der Waals surface area contributed by atoms with Crippen molar-refractivity contribution in [1.29, 1.82) is 0 Å². The Kier molecular flexibility index (Phi) is 9.31. The van der Waals surface area contributed by atoms with Crippen LogP contribution in [0.15, 0.2) is 58.6 Å². The van der Waals surface area contributed by atoms with Gasteiger partial charge in [0, 0.05) is 46.6 Å². The smallest absolute Gasteiger partial charge is 0.416 e. The number of fused-ring (bicyclic) bond motifs is 1. The van der Waals surface area contributed by atoms with Gasteiger partial charge in [-0.15, -0.1) is 0 Å². The quantitative estimate of drug-likeness (QED) is 0.182. The summed E-state index contributed by atoms with van der Waals surface area (Å²) in [6.45, 7) is 9.39. The van der Waals surface area contributed by atoms with Crippen LogP contribution in [0.1, 0.15) is 102 Å². The Morgan fingerprint density at radius 3 is 2.45 bits per heavy atom. The number of furan rings is 1. The molecule has 298 valence electrons. The van der Waals surface area contributed by atoms with Crippen LogP contribution in [0.25, 0.3) is 11.3 Å². The molecule has 55 heavy (non-hydrogen) atoms. The van der Waals surface area contributed by atoms with E-state index < -0.39 is 39.7 Å². The summed E-state index contributed by atoms with van der Waals surface area (Å²) in [7, 11) is 0. The third kappa shape index (κ3) is 5.87. The van der Waals surface area contributed by atoms with Gasteiger partial charge in [0.2, 0.25) is 5.78 Å². The summed E-state index contributed by atoms with van der Waals surface area (Å²) in [4.78, 5) is 30.5. The number of ketones is 1. The third-order valence-corrected chi connectivity index (χ3v) is 15.3. The fourth-order valence-corrected chi connectivity index (χ4v) is 12.3. The predicted octanol–water partition coefficient (Wildman–Crippen LogP) is 8.99. The van der Waals surface area contributed by atoms with E-state index in [9.17, 15) is 28.2 Å². The number of amides is 2. The van der Waals surface area contributed by atoms with E-state index in [1.807, 2.05) is 13.8 Å². The van der Waals surface area contributed by atoms with Crippen LogP contribution in [0.4, 0.5) is 18.0 Å². The maximum Gasteiger partial charge on any atom is 0.416 e. The van der Waals surface area contributed by atoms with E-state index in [0.29, 0.717) is 50.8 Å². The van der Waals surface area contributed by atoms with Crippen molar-refractivity contribution in [3.8, 4) is 11.3 Å². The molecular formula is C43H52ClF3N2O6. The van der Waals surface area contributed by atoms with Gasteiger partial charge in [-0.2, -0.15) is 13.2 Å². The number of aliphatic hydroxyl groups is 2. The van der Waals surface area contributed by atoms with Crippen molar-refractivity contribution >= 4 is 23.4 Å². The van der Waals surface area contributed by atoms with E-state index in [-0.39, 0.29) is 69.9 Å². The van der Waals surface area contributed by atoms with Crippen molar-refractivity contribution in [1.82, 2.24) is 10.2 Å². The molecule has 2 aromatic rings. The minimum absolute atomic E-state index is 0.00750. The van der Waals surface area contributed by atoms with Crippen molar-refractivity contribution in [2.75, 3.05) is 19.7 Å². The Morgan fingerprint density at radius 2 is 1.75 bits per heavy atom. The first-order chi connectivity index (χ1) is 25.9. The molecule has 7 aliphatic rings. The zero-order valence-electron chi connectivity index (χ0n) is 32.0. The number of nitrogens with one attached hydrogen (secondary N) is 1. The predicted molar refractivity (Wildman–Crippen MR) is 201 cm³/mol. The number of benzene rings is 1. The summed E-state index contributed by atoms with van der Waals surface area (Å²) in [5.74, 6) is -0.478. The molecule has 1 aromatic heterocycles. The third-order valence-electron chi connectivity index (χ3n) is 14.9. The summed E-state index contributed by atoms with van der Waals surface area (Å²) in [5, 5.41) is 27.1. The van der Waals surface area contributed by atoms with E-state index in [1.165, 1.54) is 18.2 Å². The lowest BCUT2D eigenvalue weighted by Crippen LogP contribution is -2.67. The maximum atomic E-state index is 15.1. The number of rotatable bonds is 8. The number of allylic oxidation sites excluding steroid dienone is 4. The highest BCUT2D eigenvalue weighted by Crippen LogP contribution is 2.78. The minimum Gasteiger partial charge on any atom is -0.453 e. The van der Waals surface area contributed by atoms with Crippen molar-refractivity contribution in [2.45, 2.75) is 116 Å². The maximum absolute atomic E-state index is 15.1. The largest absolute Gasteiger partial charge is 0.453 e. The van der Waals surface area contributed by atoms with Crippen LogP contribution in [0, 0.1) is 33.5 Å².